The van der Waals surface area contributed by atoms with Gasteiger partial charge in [0.2, 0.25) is 5.95 Å². The number of rotatable bonds is 7. The minimum atomic E-state index is 0.0270. The van der Waals surface area contributed by atoms with Gasteiger partial charge in [0.1, 0.15) is 23.2 Å². The van der Waals surface area contributed by atoms with Gasteiger partial charge >= 0.3 is 0 Å². The zero-order chi connectivity index (χ0) is 17.4. The summed E-state index contributed by atoms with van der Waals surface area (Å²) >= 11 is 0. The number of nitrogen functional groups attached to an aromatic ring is 2. The first-order valence-corrected chi connectivity index (χ1v) is 7.59. The highest BCUT2D eigenvalue weighted by atomic mass is 16.5. The Labute approximate surface area is 140 Å². The first-order valence-electron chi connectivity index (χ1n) is 7.59. The third-order valence-corrected chi connectivity index (χ3v) is 3.40. The summed E-state index contributed by atoms with van der Waals surface area (Å²) in [4.78, 5) is 7.90. The molecule has 1 aromatic heterocycles. The van der Waals surface area contributed by atoms with E-state index < -0.39 is 0 Å². The van der Waals surface area contributed by atoms with Gasteiger partial charge in [-0.2, -0.15) is 15.5 Å². The molecule has 0 saturated carbocycles. The fraction of sp³-hybridized carbons (Fsp3) is 0.294. The third kappa shape index (κ3) is 4.34. The molecule has 0 bridgehead atoms. The Hall–Kier alpha value is -3.32. The predicted molar refractivity (Wildman–Crippen MR) is 90.6 cm³/mol. The molecule has 0 radical (unpaired) electrons. The number of aromatic nitrogens is 2. The van der Waals surface area contributed by atoms with Crippen molar-refractivity contribution >= 4 is 11.8 Å². The average molecular weight is 322 g/mol. The first-order chi connectivity index (χ1) is 11.7. The number of hydrogen-bond acceptors (Lipinski definition) is 7. The van der Waals surface area contributed by atoms with Crippen molar-refractivity contribution in [2.75, 3.05) is 18.1 Å². The lowest BCUT2D eigenvalue weighted by molar-refractivity contribution is 0.305. The highest BCUT2D eigenvalue weighted by Crippen LogP contribution is 2.26. The molecule has 122 valence electrons. The van der Waals surface area contributed by atoms with E-state index in [-0.39, 0.29) is 17.3 Å². The summed E-state index contributed by atoms with van der Waals surface area (Å²) in [6.07, 6.45) is 3.35. The molecule has 2 rings (SSSR count). The van der Waals surface area contributed by atoms with Crippen LogP contribution in [0, 0.1) is 22.7 Å². The molecule has 0 unspecified atom stereocenters. The largest absolute Gasteiger partial charge is 0.494 e. The molecule has 0 aliphatic rings. The molecule has 24 heavy (non-hydrogen) atoms. The molecule has 1 aromatic carbocycles. The van der Waals surface area contributed by atoms with Crippen molar-refractivity contribution in [1.29, 1.82) is 10.5 Å². The fourth-order valence-electron chi connectivity index (χ4n) is 2.20. The van der Waals surface area contributed by atoms with Gasteiger partial charge in [-0.05, 0) is 43.5 Å². The second-order valence-electron chi connectivity index (χ2n) is 5.14. The van der Waals surface area contributed by atoms with E-state index in [2.05, 4.69) is 16.0 Å². The summed E-state index contributed by atoms with van der Waals surface area (Å²) in [7, 11) is 0. The summed E-state index contributed by atoms with van der Waals surface area (Å²) < 4.78 is 5.65. The van der Waals surface area contributed by atoms with Crippen molar-refractivity contribution in [3.8, 4) is 29.1 Å². The Bertz CT molecular complexity index is 773. The number of nitriles is 2. The minimum Gasteiger partial charge on any atom is -0.494 e. The summed E-state index contributed by atoms with van der Waals surface area (Å²) in [6.45, 7) is 0.599. The quantitative estimate of drug-likeness (QED) is 0.748. The van der Waals surface area contributed by atoms with E-state index >= 15 is 0 Å². The Morgan fingerprint density at radius 2 is 1.75 bits per heavy atom. The lowest BCUT2D eigenvalue weighted by Gasteiger charge is -2.09. The van der Waals surface area contributed by atoms with E-state index in [1.807, 2.05) is 6.07 Å². The van der Waals surface area contributed by atoms with Crippen LogP contribution >= 0.6 is 0 Å². The molecule has 4 N–H and O–H groups in total. The molecular weight excluding hydrogens is 304 g/mol. The topological polar surface area (TPSA) is 135 Å². The monoisotopic (exact) mass is 322 g/mol. The number of unbranched alkanes of at least 4 members (excludes halogenated alkanes) is 3. The smallest absolute Gasteiger partial charge is 0.222 e. The number of nitrogens with zero attached hydrogens (tertiary/aromatic N) is 4. The lowest BCUT2D eigenvalue weighted by Crippen LogP contribution is -2.05. The van der Waals surface area contributed by atoms with Gasteiger partial charge in [0, 0.05) is 12.0 Å². The van der Waals surface area contributed by atoms with E-state index in [9.17, 15) is 5.26 Å². The number of anilines is 2. The molecule has 7 nitrogen and oxygen atoms in total. The van der Waals surface area contributed by atoms with E-state index in [0.29, 0.717) is 24.3 Å². The van der Waals surface area contributed by atoms with Gasteiger partial charge in [-0.15, -0.1) is 0 Å². The Morgan fingerprint density at radius 1 is 1.00 bits per heavy atom. The van der Waals surface area contributed by atoms with Crippen LogP contribution in [-0.2, 0) is 0 Å². The minimum absolute atomic E-state index is 0.0270. The molecule has 1 heterocycles. The second kappa shape index (κ2) is 8.35. The molecule has 2 aromatic rings. The Balaban J connectivity index is 2.03. The first kappa shape index (κ1) is 17.0. The van der Waals surface area contributed by atoms with Gasteiger partial charge in [-0.25, -0.2) is 4.98 Å². The van der Waals surface area contributed by atoms with Crippen LogP contribution in [-0.4, -0.2) is 16.6 Å². The lowest BCUT2D eigenvalue weighted by atomic mass is 10.1. The van der Waals surface area contributed by atoms with Crippen molar-refractivity contribution in [3.05, 3.63) is 29.8 Å². The van der Waals surface area contributed by atoms with Gasteiger partial charge in [0.15, 0.2) is 0 Å². The van der Waals surface area contributed by atoms with E-state index in [0.717, 1.165) is 25.0 Å². The SMILES string of the molecule is N#CCCCCCOc1ccc(-c2nc(N)nc(N)c2C#N)cc1. The number of nitrogens with two attached hydrogens (primary N) is 2. The van der Waals surface area contributed by atoms with Crippen LogP contribution in [0.3, 0.4) is 0 Å². The molecule has 0 aliphatic heterocycles. The fourth-order valence-corrected chi connectivity index (χ4v) is 2.20. The second-order valence-corrected chi connectivity index (χ2v) is 5.14. The standard InChI is InChI=1S/C17H18N6O/c18-9-3-1-2-4-10-24-13-7-5-12(6-8-13)15-14(11-19)16(20)23-17(21)22-15/h5-8H,1-4,10H2,(H4,20,21,22,23). The van der Waals surface area contributed by atoms with Crippen LogP contribution in [0.5, 0.6) is 5.75 Å². The van der Waals surface area contributed by atoms with Crippen LogP contribution < -0.4 is 16.2 Å². The molecule has 0 amide bonds. The summed E-state index contributed by atoms with van der Waals surface area (Å²) in [5.41, 5.74) is 12.7. The molecule has 0 aliphatic carbocycles. The summed E-state index contributed by atoms with van der Waals surface area (Å²) in [5, 5.41) is 17.7. The maximum absolute atomic E-state index is 9.22. The maximum atomic E-state index is 9.22. The van der Waals surface area contributed by atoms with Crippen LogP contribution in [0.1, 0.15) is 31.2 Å². The number of benzene rings is 1. The molecule has 0 spiro atoms. The van der Waals surface area contributed by atoms with Crippen LogP contribution in [0.15, 0.2) is 24.3 Å². The molecule has 0 saturated heterocycles. The Kier molecular flexibility index (Phi) is 5.93. The zero-order valence-corrected chi connectivity index (χ0v) is 13.2. The predicted octanol–water partition coefficient (Wildman–Crippen LogP) is 2.64. The normalized spacial score (nSPS) is 9.92. The van der Waals surface area contributed by atoms with Gasteiger partial charge < -0.3 is 16.2 Å². The van der Waals surface area contributed by atoms with Crippen LogP contribution in [0.2, 0.25) is 0 Å². The van der Waals surface area contributed by atoms with Crippen molar-refractivity contribution < 1.29 is 4.74 Å². The maximum Gasteiger partial charge on any atom is 0.222 e. The molecule has 7 heteroatoms. The molecule has 0 fully saturated rings. The van der Waals surface area contributed by atoms with Crippen molar-refractivity contribution in [2.45, 2.75) is 25.7 Å². The van der Waals surface area contributed by atoms with Crippen LogP contribution in [0.4, 0.5) is 11.8 Å². The molecule has 0 atom stereocenters. The number of ether oxygens (including phenoxy) is 1. The van der Waals surface area contributed by atoms with Gasteiger partial charge in [-0.1, -0.05) is 0 Å². The summed E-state index contributed by atoms with van der Waals surface area (Å²) in [5.74, 6) is 0.824. The van der Waals surface area contributed by atoms with Crippen molar-refractivity contribution in [1.82, 2.24) is 9.97 Å². The van der Waals surface area contributed by atoms with Gasteiger partial charge in [0.05, 0.1) is 18.4 Å². The highest BCUT2D eigenvalue weighted by molar-refractivity contribution is 5.73. The number of hydrogen-bond donors (Lipinski definition) is 2. The average Bonchev–Trinajstić information content (AvgIpc) is 2.58. The van der Waals surface area contributed by atoms with E-state index in [1.165, 1.54) is 0 Å². The zero-order valence-electron chi connectivity index (χ0n) is 13.2. The van der Waals surface area contributed by atoms with E-state index in [1.54, 1.807) is 24.3 Å². The third-order valence-electron chi connectivity index (χ3n) is 3.40. The van der Waals surface area contributed by atoms with Gasteiger partial charge in [0.25, 0.3) is 0 Å². The van der Waals surface area contributed by atoms with Crippen molar-refractivity contribution in [3.63, 3.8) is 0 Å². The molecular formula is C17H18N6O. The van der Waals surface area contributed by atoms with Gasteiger partial charge in [-0.3, -0.25) is 0 Å². The van der Waals surface area contributed by atoms with Crippen LogP contribution in [0.25, 0.3) is 11.3 Å². The Morgan fingerprint density at radius 3 is 2.42 bits per heavy atom. The highest BCUT2D eigenvalue weighted by Gasteiger charge is 2.13. The van der Waals surface area contributed by atoms with Crippen molar-refractivity contribution in [2.24, 2.45) is 0 Å². The summed E-state index contributed by atoms with van der Waals surface area (Å²) in [6, 6.07) is 11.3. The van der Waals surface area contributed by atoms with E-state index in [4.69, 9.17) is 21.5 Å².